The van der Waals surface area contributed by atoms with E-state index in [1.54, 1.807) is 0 Å². The first kappa shape index (κ1) is 25.3. The molecule has 29 heavy (non-hydrogen) atoms. The van der Waals surface area contributed by atoms with E-state index in [0.717, 1.165) is 44.0 Å². The van der Waals surface area contributed by atoms with E-state index in [-0.39, 0.29) is 30.7 Å². The summed E-state index contributed by atoms with van der Waals surface area (Å²) >= 11 is 0. The van der Waals surface area contributed by atoms with Gasteiger partial charge >= 0.3 is 0 Å². The number of amides is 1. The van der Waals surface area contributed by atoms with Crippen molar-refractivity contribution in [1.29, 1.82) is 0 Å². The Bertz CT molecular complexity index is 742. The molecule has 2 N–H and O–H groups in total. The predicted molar refractivity (Wildman–Crippen MR) is 126 cm³/mol. The zero-order chi connectivity index (χ0) is 19.1. The molecule has 1 fully saturated rings. The zero-order valence-electron chi connectivity index (χ0n) is 17.1. The summed E-state index contributed by atoms with van der Waals surface area (Å²) in [6.45, 7) is 6.91. The summed E-state index contributed by atoms with van der Waals surface area (Å²) < 4.78 is 0. The molecule has 1 unspecified atom stereocenters. The van der Waals surface area contributed by atoms with Crippen molar-refractivity contribution < 1.29 is 4.79 Å². The molecule has 1 atom stereocenters. The summed E-state index contributed by atoms with van der Waals surface area (Å²) in [4.78, 5) is 17.2. The van der Waals surface area contributed by atoms with Gasteiger partial charge in [-0.3, -0.25) is 9.69 Å². The minimum Gasteiger partial charge on any atom is -0.399 e. The monoisotopic (exact) mass is 437 g/mol. The topological polar surface area (TPSA) is 49.6 Å². The van der Waals surface area contributed by atoms with Gasteiger partial charge in [0.1, 0.15) is 0 Å². The Labute approximate surface area is 187 Å². The summed E-state index contributed by atoms with van der Waals surface area (Å²) in [5.41, 5.74) is 9.20. The van der Waals surface area contributed by atoms with Crippen LogP contribution in [0.25, 0.3) is 0 Å². The highest BCUT2D eigenvalue weighted by atomic mass is 35.5. The lowest BCUT2D eigenvalue weighted by Gasteiger charge is -2.25. The lowest BCUT2D eigenvalue weighted by Crippen LogP contribution is -2.36. The highest BCUT2D eigenvalue weighted by Gasteiger charge is 2.25. The number of nitrogens with two attached hydrogens (primary N) is 1. The van der Waals surface area contributed by atoms with Crippen molar-refractivity contribution in [3.05, 3.63) is 65.7 Å². The van der Waals surface area contributed by atoms with E-state index in [4.69, 9.17) is 5.73 Å². The van der Waals surface area contributed by atoms with Gasteiger partial charge in [-0.05, 0) is 49.4 Å². The molecule has 6 heteroatoms. The fraction of sp³-hybridized carbons (Fsp3) is 0.435. The Morgan fingerprint density at radius 2 is 1.79 bits per heavy atom. The summed E-state index contributed by atoms with van der Waals surface area (Å²) in [6.07, 6.45) is 2.41. The Kier molecular flexibility index (Phi) is 11.1. The second kappa shape index (κ2) is 12.7. The molecule has 2 aromatic carbocycles. The van der Waals surface area contributed by atoms with Gasteiger partial charge in [0.15, 0.2) is 0 Å². The highest BCUT2D eigenvalue weighted by molar-refractivity contribution is 5.85. The largest absolute Gasteiger partial charge is 0.399 e. The number of carbonyl (C=O) groups is 1. The normalized spacial score (nSPS) is 16.0. The number of para-hydroxylation sites is 1. The Balaban J connectivity index is 0.00000210. The van der Waals surface area contributed by atoms with Crippen LogP contribution in [0.4, 0.5) is 5.69 Å². The number of hydrogen-bond donors (Lipinski definition) is 1. The molecule has 0 radical (unpaired) electrons. The van der Waals surface area contributed by atoms with Crippen LogP contribution < -0.4 is 5.73 Å². The van der Waals surface area contributed by atoms with Crippen LogP contribution in [0.3, 0.4) is 0 Å². The molecule has 0 aromatic heterocycles. The number of likely N-dealkylation sites (tertiary alicyclic amines) is 1. The molecule has 2 aromatic rings. The van der Waals surface area contributed by atoms with E-state index in [1.165, 1.54) is 12.0 Å². The second-order valence-electron chi connectivity index (χ2n) is 7.51. The first-order valence-electron chi connectivity index (χ1n) is 10.0. The minimum atomic E-state index is 0. The van der Waals surface area contributed by atoms with Gasteiger partial charge in [-0.15, -0.1) is 24.8 Å². The molecule has 0 spiro atoms. The highest BCUT2D eigenvalue weighted by Crippen LogP contribution is 2.20. The number of hydrogen-bond acceptors (Lipinski definition) is 3. The number of nitrogens with zero attached hydrogens (tertiary/aromatic N) is 2. The molecule has 0 saturated carbocycles. The van der Waals surface area contributed by atoms with Crippen molar-refractivity contribution in [3.63, 3.8) is 0 Å². The average molecular weight is 438 g/mol. The molecule has 1 heterocycles. The number of rotatable bonds is 8. The molecular formula is C23H33Cl2N3O. The molecule has 1 aliphatic rings. The third-order valence-corrected chi connectivity index (χ3v) is 5.50. The van der Waals surface area contributed by atoms with Crippen LogP contribution in [0.5, 0.6) is 0 Å². The summed E-state index contributed by atoms with van der Waals surface area (Å²) in [7, 11) is 0. The van der Waals surface area contributed by atoms with Crippen molar-refractivity contribution in [1.82, 2.24) is 9.80 Å². The van der Waals surface area contributed by atoms with Crippen LogP contribution in [-0.2, 0) is 17.8 Å². The maximum atomic E-state index is 12.7. The fourth-order valence-corrected chi connectivity index (χ4v) is 3.93. The van der Waals surface area contributed by atoms with Crippen molar-refractivity contribution >= 4 is 36.4 Å². The smallest absolute Gasteiger partial charge is 0.222 e. The third-order valence-electron chi connectivity index (χ3n) is 5.50. The van der Waals surface area contributed by atoms with Crippen LogP contribution in [0.15, 0.2) is 54.6 Å². The molecule has 4 nitrogen and oxygen atoms in total. The molecule has 1 amide bonds. The van der Waals surface area contributed by atoms with Gasteiger partial charge in [0.05, 0.1) is 0 Å². The van der Waals surface area contributed by atoms with Gasteiger partial charge in [-0.25, -0.2) is 0 Å². The van der Waals surface area contributed by atoms with Crippen molar-refractivity contribution in [2.45, 2.75) is 32.7 Å². The van der Waals surface area contributed by atoms with Gasteiger partial charge < -0.3 is 10.6 Å². The number of nitrogen functional groups attached to an aromatic ring is 1. The van der Waals surface area contributed by atoms with Crippen molar-refractivity contribution in [2.75, 3.05) is 31.9 Å². The Morgan fingerprint density at radius 3 is 2.48 bits per heavy atom. The molecule has 0 aliphatic carbocycles. The Morgan fingerprint density at radius 1 is 1.10 bits per heavy atom. The first-order valence-corrected chi connectivity index (χ1v) is 10.0. The van der Waals surface area contributed by atoms with E-state index >= 15 is 0 Å². The fourth-order valence-electron chi connectivity index (χ4n) is 3.93. The van der Waals surface area contributed by atoms with Gasteiger partial charge in [0, 0.05) is 38.3 Å². The van der Waals surface area contributed by atoms with E-state index < -0.39 is 0 Å². The lowest BCUT2D eigenvalue weighted by atomic mass is 10.1. The van der Waals surface area contributed by atoms with Crippen LogP contribution in [0.1, 0.15) is 30.9 Å². The Hall–Kier alpha value is -1.75. The zero-order valence-corrected chi connectivity index (χ0v) is 18.8. The molecule has 1 saturated heterocycles. The van der Waals surface area contributed by atoms with Gasteiger partial charge in [-0.1, -0.05) is 48.5 Å². The number of carbonyl (C=O) groups excluding carboxylic acids is 1. The molecule has 3 rings (SSSR count). The molecule has 160 valence electrons. The summed E-state index contributed by atoms with van der Waals surface area (Å²) in [5, 5.41) is 0. The standard InChI is InChI=1S/C23H31N3O.2ClH/c1-2-26(23(27)13-12-21-10-6-7-11-22(21)24)18-20-14-15-25(17-20)16-19-8-4-3-5-9-19;;/h3-11,20H,2,12-18,24H2,1H3;2*1H. The third kappa shape index (κ3) is 7.54. The van der Waals surface area contributed by atoms with Crippen molar-refractivity contribution in [2.24, 2.45) is 5.92 Å². The van der Waals surface area contributed by atoms with Crippen LogP contribution in [-0.4, -0.2) is 41.9 Å². The summed E-state index contributed by atoms with van der Waals surface area (Å²) in [5.74, 6) is 0.807. The number of anilines is 1. The van der Waals surface area contributed by atoms with Crippen LogP contribution in [0.2, 0.25) is 0 Å². The van der Waals surface area contributed by atoms with Crippen LogP contribution in [0, 0.1) is 5.92 Å². The maximum Gasteiger partial charge on any atom is 0.222 e. The van der Waals surface area contributed by atoms with Gasteiger partial charge in [-0.2, -0.15) is 0 Å². The molecule has 0 bridgehead atoms. The van der Waals surface area contributed by atoms with Crippen molar-refractivity contribution in [3.8, 4) is 0 Å². The quantitative estimate of drug-likeness (QED) is 0.621. The SMILES string of the molecule is CCN(CC1CCN(Cc2ccccc2)C1)C(=O)CCc1ccccc1N.Cl.Cl. The second-order valence-corrected chi connectivity index (χ2v) is 7.51. The van der Waals surface area contributed by atoms with Crippen LogP contribution >= 0.6 is 24.8 Å². The number of halogens is 2. The number of benzene rings is 2. The molecule has 1 aliphatic heterocycles. The first-order chi connectivity index (χ1) is 13.2. The van der Waals surface area contributed by atoms with Gasteiger partial charge in [0.25, 0.3) is 0 Å². The van der Waals surface area contributed by atoms with E-state index in [1.807, 2.05) is 29.2 Å². The number of aryl methyl sites for hydroxylation is 1. The maximum absolute atomic E-state index is 12.7. The average Bonchev–Trinajstić information content (AvgIpc) is 3.13. The van der Waals surface area contributed by atoms with E-state index in [2.05, 4.69) is 42.2 Å². The summed E-state index contributed by atoms with van der Waals surface area (Å²) in [6, 6.07) is 18.4. The molecular weight excluding hydrogens is 405 g/mol. The van der Waals surface area contributed by atoms with E-state index in [0.29, 0.717) is 18.8 Å². The predicted octanol–water partition coefficient (Wildman–Crippen LogP) is 4.42. The lowest BCUT2D eigenvalue weighted by molar-refractivity contribution is -0.131. The van der Waals surface area contributed by atoms with Gasteiger partial charge in [0.2, 0.25) is 5.91 Å². The van der Waals surface area contributed by atoms with E-state index in [9.17, 15) is 4.79 Å². The minimum absolute atomic E-state index is 0.